The van der Waals surface area contributed by atoms with Crippen molar-refractivity contribution < 1.29 is 19.1 Å². The maximum atomic E-state index is 11.8. The van der Waals surface area contributed by atoms with Crippen LogP contribution in [-0.4, -0.2) is 39.1 Å². The van der Waals surface area contributed by atoms with Gasteiger partial charge in [0.05, 0.1) is 20.8 Å². The van der Waals surface area contributed by atoms with Gasteiger partial charge in [0.2, 0.25) is 11.8 Å². The van der Waals surface area contributed by atoms with E-state index < -0.39 is 0 Å². The lowest BCUT2D eigenvalue weighted by Crippen LogP contribution is -2.37. The van der Waals surface area contributed by atoms with Crippen LogP contribution in [0.1, 0.15) is 25.3 Å². The summed E-state index contributed by atoms with van der Waals surface area (Å²) >= 11 is 0. The van der Waals surface area contributed by atoms with Crippen molar-refractivity contribution in [1.29, 1.82) is 0 Å². The number of hydrogen-bond donors (Lipinski definition) is 2. The molecule has 6 heteroatoms. The summed E-state index contributed by atoms with van der Waals surface area (Å²) in [5, 5.41) is 5.31. The lowest BCUT2D eigenvalue weighted by atomic mass is 10.1. The molecule has 0 bridgehead atoms. The van der Waals surface area contributed by atoms with E-state index in [2.05, 4.69) is 10.6 Å². The smallest absolute Gasteiger partial charge is 0.239 e. The number of methoxy groups -OCH3 is 2. The molecule has 122 valence electrons. The average Bonchev–Trinajstić information content (AvgIpc) is 2.55. The number of rotatable bonds is 9. The van der Waals surface area contributed by atoms with Crippen LogP contribution < -0.4 is 20.1 Å². The molecule has 0 unspecified atom stereocenters. The number of nitrogens with one attached hydrogen (secondary N) is 2. The summed E-state index contributed by atoms with van der Waals surface area (Å²) in [6.07, 6.45) is 1.67. The fourth-order valence-corrected chi connectivity index (χ4v) is 1.92. The summed E-state index contributed by atoms with van der Waals surface area (Å²) in [6.45, 7) is 2.60. The van der Waals surface area contributed by atoms with Gasteiger partial charge in [0.15, 0.2) is 0 Å². The monoisotopic (exact) mass is 308 g/mol. The molecule has 1 aromatic carbocycles. The third-order valence-corrected chi connectivity index (χ3v) is 3.13. The highest BCUT2D eigenvalue weighted by atomic mass is 16.5. The molecule has 0 aliphatic heterocycles. The van der Waals surface area contributed by atoms with Crippen molar-refractivity contribution in [2.45, 2.75) is 26.2 Å². The second kappa shape index (κ2) is 9.65. The minimum Gasteiger partial charge on any atom is -0.497 e. The first-order chi connectivity index (χ1) is 10.6. The highest BCUT2D eigenvalue weighted by molar-refractivity contribution is 5.84. The first-order valence-electron chi connectivity index (χ1n) is 7.35. The Bertz CT molecular complexity index is 503. The zero-order valence-electron chi connectivity index (χ0n) is 13.4. The Balaban J connectivity index is 2.45. The van der Waals surface area contributed by atoms with Gasteiger partial charge >= 0.3 is 0 Å². The topological polar surface area (TPSA) is 76.7 Å². The lowest BCUT2D eigenvalue weighted by Gasteiger charge is -2.10. The number of aryl methyl sites for hydroxylation is 1. The molecule has 0 fully saturated rings. The predicted molar refractivity (Wildman–Crippen MR) is 84.2 cm³/mol. The molecular weight excluding hydrogens is 284 g/mol. The van der Waals surface area contributed by atoms with Gasteiger partial charge in [-0.15, -0.1) is 0 Å². The van der Waals surface area contributed by atoms with Crippen molar-refractivity contribution in [3.63, 3.8) is 0 Å². The van der Waals surface area contributed by atoms with E-state index in [4.69, 9.17) is 9.47 Å². The Kier molecular flexibility index (Phi) is 7.81. The van der Waals surface area contributed by atoms with Gasteiger partial charge in [0, 0.05) is 13.0 Å². The van der Waals surface area contributed by atoms with Crippen LogP contribution >= 0.6 is 0 Å². The van der Waals surface area contributed by atoms with Crippen LogP contribution in [-0.2, 0) is 16.0 Å². The maximum absolute atomic E-state index is 11.8. The molecule has 0 heterocycles. The molecule has 0 atom stereocenters. The summed E-state index contributed by atoms with van der Waals surface area (Å²) in [4.78, 5) is 23.2. The minimum atomic E-state index is -0.172. The molecule has 0 saturated heterocycles. The normalized spacial score (nSPS) is 9.95. The number of benzene rings is 1. The number of carbonyl (C=O) groups excluding carboxylic acids is 2. The lowest BCUT2D eigenvalue weighted by molar-refractivity contribution is -0.126. The summed E-state index contributed by atoms with van der Waals surface area (Å²) in [6, 6.07) is 5.46. The van der Waals surface area contributed by atoms with Crippen LogP contribution in [0.25, 0.3) is 0 Å². The van der Waals surface area contributed by atoms with Crippen LogP contribution in [0.4, 0.5) is 0 Å². The van der Waals surface area contributed by atoms with Crippen molar-refractivity contribution in [2.24, 2.45) is 0 Å². The molecule has 2 N–H and O–H groups in total. The van der Waals surface area contributed by atoms with E-state index in [0.29, 0.717) is 18.7 Å². The van der Waals surface area contributed by atoms with E-state index in [1.54, 1.807) is 20.3 Å². The Morgan fingerprint density at radius 2 is 1.86 bits per heavy atom. The van der Waals surface area contributed by atoms with E-state index in [1.807, 2.05) is 19.1 Å². The van der Waals surface area contributed by atoms with E-state index >= 15 is 0 Å². The van der Waals surface area contributed by atoms with Crippen molar-refractivity contribution in [1.82, 2.24) is 10.6 Å². The standard InChI is InChI=1S/C16H24N2O4/c1-4-9-17-16(20)11-18-15(19)8-5-12-10-13(21-2)6-7-14(12)22-3/h6-7,10H,4-5,8-9,11H2,1-3H3,(H,17,20)(H,18,19). The summed E-state index contributed by atoms with van der Waals surface area (Å²) < 4.78 is 10.4. The predicted octanol–water partition coefficient (Wildman–Crippen LogP) is 1.28. The van der Waals surface area contributed by atoms with Gasteiger partial charge in [-0.1, -0.05) is 6.92 Å². The van der Waals surface area contributed by atoms with Gasteiger partial charge in [-0.05, 0) is 36.6 Å². The molecule has 1 rings (SSSR count). The van der Waals surface area contributed by atoms with Crippen LogP contribution in [0.15, 0.2) is 18.2 Å². The van der Waals surface area contributed by atoms with Gasteiger partial charge in [-0.25, -0.2) is 0 Å². The Morgan fingerprint density at radius 1 is 1.09 bits per heavy atom. The maximum Gasteiger partial charge on any atom is 0.239 e. The highest BCUT2D eigenvalue weighted by Crippen LogP contribution is 2.24. The fourth-order valence-electron chi connectivity index (χ4n) is 1.92. The minimum absolute atomic E-state index is 0.00801. The summed E-state index contributed by atoms with van der Waals surface area (Å²) in [7, 11) is 3.18. The second-order valence-electron chi connectivity index (χ2n) is 4.80. The molecular formula is C16H24N2O4. The number of carbonyl (C=O) groups is 2. The second-order valence-corrected chi connectivity index (χ2v) is 4.80. The van der Waals surface area contributed by atoms with Gasteiger partial charge in [-0.3, -0.25) is 9.59 Å². The zero-order valence-corrected chi connectivity index (χ0v) is 13.4. The van der Waals surface area contributed by atoms with E-state index in [-0.39, 0.29) is 24.8 Å². The molecule has 0 saturated carbocycles. The molecule has 0 radical (unpaired) electrons. The summed E-state index contributed by atoms with van der Waals surface area (Å²) in [5.74, 6) is 1.09. The van der Waals surface area contributed by atoms with E-state index in [0.717, 1.165) is 17.7 Å². The van der Waals surface area contributed by atoms with Gasteiger partial charge in [0.25, 0.3) is 0 Å². The average molecular weight is 308 g/mol. The third-order valence-electron chi connectivity index (χ3n) is 3.13. The van der Waals surface area contributed by atoms with Crippen molar-refractivity contribution in [3.05, 3.63) is 23.8 Å². The van der Waals surface area contributed by atoms with E-state index in [1.165, 1.54) is 0 Å². The van der Waals surface area contributed by atoms with Crippen LogP contribution in [0.5, 0.6) is 11.5 Å². The molecule has 22 heavy (non-hydrogen) atoms. The quantitative estimate of drug-likeness (QED) is 0.720. The van der Waals surface area contributed by atoms with E-state index in [9.17, 15) is 9.59 Å². The van der Waals surface area contributed by atoms with Crippen LogP contribution in [0.2, 0.25) is 0 Å². The van der Waals surface area contributed by atoms with Crippen molar-refractivity contribution in [2.75, 3.05) is 27.3 Å². The Hall–Kier alpha value is -2.24. The van der Waals surface area contributed by atoms with Gasteiger partial charge in [0.1, 0.15) is 11.5 Å². The number of ether oxygens (including phenoxy) is 2. The van der Waals surface area contributed by atoms with Crippen LogP contribution in [0, 0.1) is 0 Å². The molecule has 2 amide bonds. The molecule has 0 aliphatic rings. The summed E-state index contributed by atoms with van der Waals surface area (Å²) in [5.41, 5.74) is 0.896. The first kappa shape index (κ1) is 17.8. The SMILES string of the molecule is CCCNC(=O)CNC(=O)CCc1cc(OC)ccc1OC. The Morgan fingerprint density at radius 3 is 2.50 bits per heavy atom. The van der Waals surface area contributed by atoms with Crippen LogP contribution in [0.3, 0.4) is 0 Å². The molecule has 0 aliphatic carbocycles. The fraction of sp³-hybridized carbons (Fsp3) is 0.500. The van der Waals surface area contributed by atoms with Gasteiger partial charge < -0.3 is 20.1 Å². The zero-order chi connectivity index (χ0) is 16.4. The third kappa shape index (κ3) is 6.03. The molecule has 6 nitrogen and oxygen atoms in total. The Labute approximate surface area is 131 Å². The molecule has 0 spiro atoms. The largest absolute Gasteiger partial charge is 0.497 e. The van der Waals surface area contributed by atoms with Crippen molar-refractivity contribution >= 4 is 11.8 Å². The molecule has 0 aromatic heterocycles. The van der Waals surface area contributed by atoms with Crippen molar-refractivity contribution in [3.8, 4) is 11.5 Å². The number of amides is 2. The molecule has 1 aromatic rings. The first-order valence-corrected chi connectivity index (χ1v) is 7.35. The highest BCUT2D eigenvalue weighted by Gasteiger charge is 2.09. The van der Waals surface area contributed by atoms with Gasteiger partial charge in [-0.2, -0.15) is 0 Å². The number of hydrogen-bond acceptors (Lipinski definition) is 4.